The number of H-pyrrole nitrogens is 1. The standard InChI is InChI=1S/C21H26N6O6S/c28-21(29)26-11-8-14(9-12-26)32-13-18-24-19(25-33-18)17-7-3-4-10-27(17)34(30,31)20-22-15-5-1-2-6-16(15)23-20/h1-2,5-6,14,17H,3-4,7-13H2,(H,22,23)(H,28,29)/t17-/m0/s1. The molecular formula is C21H26N6O6S. The number of carbonyl (C=O) groups is 1. The quantitative estimate of drug-likeness (QED) is 0.530. The Kier molecular flexibility index (Phi) is 6.23. The lowest BCUT2D eigenvalue weighted by Gasteiger charge is -2.31. The van der Waals surface area contributed by atoms with E-state index in [1.807, 2.05) is 12.1 Å². The Bertz CT molecular complexity index is 1230. The smallest absolute Gasteiger partial charge is 0.407 e. The highest BCUT2D eigenvalue weighted by molar-refractivity contribution is 7.89. The average molecular weight is 491 g/mol. The third kappa shape index (κ3) is 4.50. The largest absolute Gasteiger partial charge is 0.465 e. The summed E-state index contributed by atoms with van der Waals surface area (Å²) >= 11 is 0. The zero-order chi connectivity index (χ0) is 23.7. The van der Waals surface area contributed by atoms with Crippen molar-refractivity contribution >= 4 is 27.1 Å². The number of amides is 1. The van der Waals surface area contributed by atoms with Gasteiger partial charge in [0.1, 0.15) is 6.61 Å². The van der Waals surface area contributed by atoms with E-state index < -0.39 is 22.2 Å². The lowest BCUT2D eigenvalue weighted by molar-refractivity contribution is -0.00953. The number of carboxylic acid groups (broad SMARTS) is 1. The summed E-state index contributed by atoms with van der Waals surface area (Å²) in [6.45, 7) is 1.28. The Balaban J connectivity index is 1.28. The van der Waals surface area contributed by atoms with Crippen molar-refractivity contribution in [2.75, 3.05) is 19.6 Å². The highest BCUT2D eigenvalue weighted by Crippen LogP contribution is 2.34. The molecule has 4 heterocycles. The number of ether oxygens (including phenoxy) is 1. The van der Waals surface area contributed by atoms with E-state index in [9.17, 15) is 13.2 Å². The second kappa shape index (κ2) is 9.31. The number of para-hydroxylation sites is 2. The number of imidazole rings is 1. The van der Waals surface area contributed by atoms with Gasteiger partial charge in [0.25, 0.3) is 15.9 Å². The number of likely N-dealkylation sites (tertiary alicyclic amines) is 1. The summed E-state index contributed by atoms with van der Waals surface area (Å²) < 4.78 is 39.4. The molecule has 182 valence electrons. The molecule has 0 aliphatic carbocycles. The normalized spacial score (nSPS) is 20.7. The third-order valence-corrected chi connectivity index (χ3v) is 8.05. The zero-order valence-electron chi connectivity index (χ0n) is 18.5. The van der Waals surface area contributed by atoms with Crippen LogP contribution in [0.25, 0.3) is 11.0 Å². The van der Waals surface area contributed by atoms with Gasteiger partial charge in [0.05, 0.1) is 23.2 Å². The number of hydrogen-bond donors (Lipinski definition) is 2. The van der Waals surface area contributed by atoms with Crippen LogP contribution in [0.15, 0.2) is 33.9 Å². The maximum absolute atomic E-state index is 13.4. The van der Waals surface area contributed by atoms with Crippen LogP contribution < -0.4 is 0 Å². The fraction of sp³-hybridized carbons (Fsp3) is 0.524. The maximum atomic E-state index is 13.4. The van der Waals surface area contributed by atoms with Crippen molar-refractivity contribution in [1.82, 2.24) is 29.3 Å². The summed E-state index contributed by atoms with van der Waals surface area (Å²) in [4.78, 5) is 24.0. The average Bonchev–Trinajstić information content (AvgIpc) is 3.51. The minimum atomic E-state index is -3.89. The molecule has 0 radical (unpaired) electrons. The van der Waals surface area contributed by atoms with Gasteiger partial charge in [0.15, 0.2) is 5.82 Å². The molecule has 0 spiro atoms. The van der Waals surface area contributed by atoms with Gasteiger partial charge in [-0.05, 0) is 37.8 Å². The van der Waals surface area contributed by atoms with Gasteiger partial charge in [0.2, 0.25) is 5.16 Å². The van der Waals surface area contributed by atoms with Gasteiger partial charge in [-0.3, -0.25) is 0 Å². The van der Waals surface area contributed by atoms with Gasteiger partial charge in [-0.1, -0.05) is 23.7 Å². The number of fused-ring (bicyclic) bond motifs is 1. The first-order chi connectivity index (χ1) is 16.4. The predicted octanol–water partition coefficient (Wildman–Crippen LogP) is 2.52. The molecule has 2 saturated heterocycles. The van der Waals surface area contributed by atoms with Crippen molar-refractivity contribution in [2.45, 2.75) is 56.0 Å². The first-order valence-electron chi connectivity index (χ1n) is 11.3. The summed E-state index contributed by atoms with van der Waals surface area (Å²) in [5.74, 6) is 0.570. The number of sulfonamides is 1. The molecule has 2 aliphatic rings. The van der Waals surface area contributed by atoms with Gasteiger partial charge in [0, 0.05) is 19.6 Å². The molecule has 2 fully saturated rings. The Hall–Kier alpha value is -3.03. The topological polar surface area (TPSA) is 155 Å². The van der Waals surface area contributed by atoms with E-state index in [0.29, 0.717) is 55.8 Å². The fourth-order valence-electron chi connectivity index (χ4n) is 4.48. The molecule has 2 aliphatic heterocycles. The molecule has 13 heteroatoms. The Morgan fingerprint density at radius 3 is 2.71 bits per heavy atom. The number of hydrogen-bond acceptors (Lipinski definition) is 8. The SMILES string of the molecule is O=C(O)N1CCC(OCc2nc([C@@H]3CCCCN3S(=O)(=O)c3nc4ccccc4[nH]3)no2)CC1. The maximum Gasteiger partial charge on any atom is 0.407 e. The highest BCUT2D eigenvalue weighted by atomic mass is 32.2. The minimum absolute atomic E-state index is 0.0911. The van der Waals surface area contributed by atoms with Crippen LogP contribution in [0.2, 0.25) is 0 Å². The van der Waals surface area contributed by atoms with Crippen LogP contribution in [0.4, 0.5) is 4.79 Å². The van der Waals surface area contributed by atoms with E-state index in [4.69, 9.17) is 14.4 Å². The van der Waals surface area contributed by atoms with Crippen LogP contribution >= 0.6 is 0 Å². The van der Waals surface area contributed by atoms with Crippen molar-refractivity contribution < 1.29 is 27.6 Å². The highest BCUT2D eigenvalue weighted by Gasteiger charge is 2.38. The Morgan fingerprint density at radius 1 is 1.15 bits per heavy atom. The molecule has 1 amide bonds. The van der Waals surface area contributed by atoms with Crippen molar-refractivity contribution in [3.8, 4) is 0 Å². The van der Waals surface area contributed by atoms with E-state index in [1.54, 1.807) is 12.1 Å². The zero-order valence-corrected chi connectivity index (χ0v) is 19.3. The van der Waals surface area contributed by atoms with Crippen molar-refractivity contribution in [1.29, 1.82) is 0 Å². The number of nitrogens with zero attached hydrogens (tertiary/aromatic N) is 5. The van der Waals surface area contributed by atoms with E-state index in [0.717, 1.165) is 12.8 Å². The number of aromatic amines is 1. The molecule has 5 rings (SSSR count). The lowest BCUT2D eigenvalue weighted by atomic mass is 10.0. The van der Waals surface area contributed by atoms with Gasteiger partial charge in [-0.2, -0.15) is 9.29 Å². The van der Waals surface area contributed by atoms with Crippen molar-refractivity contribution in [3.05, 3.63) is 36.0 Å². The molecule has 0 bridgehead atoms. The molecule has 34 heavy (non-hydrogen) atoms. The first-order valence-corrected chi connectivity index (χ1v) is 12.7. The van der Waals surface area contributed by atoms with Gasteiger partial charge in [-0.15, -0.1) is 0 Å². The van der Waals surface area contributed by atoms with E-state index in [-0.39, 0.29) is 23.8 Å². The van der Waals surface area contributed by atoms with E-state index in [1.165, 1.54) is 9.21 Å². The van der Waals surface area contributed by atoms with E-state index >= 15 is 0 Å². The summed E-state index contributed by atoms with van der Waals surface area (Å²) in [5, 5.41) is 13.0. The number of benzene rings is 1. The summed E-state index contributed by atoms with van der Waals surface area (Å²) in [5.41, 5.74) is 1.24. The number of rotatable bonds is 6. The number of nitrogens with one attached hydrogen (secondary N) is 1. The molecule has 1 atom stereocenters. The minimum Gasteiger partial charge on any atom is -0.465 e. The molecule has 3 aromatic rings. The first kappa shape index (κ1) is 22.7. The van der Waals surface area contributed by atoms with Crippen molar-refractivity contribution in [3.63, 3.8) is 0 Å². The summed E-state index contributed by atoms with van der Waals surface area (Å²) in [7, 11) is -3.89. The second-order valence-electron chi connectivity index (χ2n) is 8.51. The number of aromatic nitrogens is 4. The van der Waals surface area contributed by atoms with Crippen LogP contribution in [0.5, 0.6) is 0 Å². The van der Waals surface area contributed by atoms with Crippen LogP contribution in [0, 0.1) is 0 Å². The fourth-order valence-corrected chi connectivity index (χ4v) is 6.06. The molecule has 0 unspecified atom stereocenters. The summed E-state index contributed by atoms with van der Waals surface area (Å²) in [6.07, 6.45) is 2.34. The van der Waals surface area contributed by atoms with Gasteiger partial charge < -0.3 is 24.3 Å². The summed E-state index contributed by atoms with van der Waals surface area (Å²) in [6, 6.07) is 6.62. The molecular weight excluding hydrogens is 464 g/mol. The lowest BCUT2D eigenvalue weighted by Crippen LogP contribution is -2.40. The predicted molar refractivity (Wildman–Crippen MR) is 118 cm³/mol. The monoisotopic (exact) mass is 490 g/mol. The van der Waals surface area contributed by atoms with Gasteiger partial charge in [-0.25, -0.2) is 18.2 Å². The van der Waals surface area contributed by atoms with Crippen LogP contribution in [-0.4, -0.2) is 74.7 Å². The van der Waals surface area contributed by atoms with E-state index in [2.05, 4.69) is 20.1 Å². The molecule has 2 aromatic heterocycles. The molecule has 2 N–H and O–H groups in total. The molecule has 1 aromatic carbocycles. The third-order valence-electron chi connectivity index (χ3n) is 6.31. The molecule has 12 nitrogen and oxygen atoms in total. The van der Waals surface area contributed by atoms with Crippen LogP contribution in [0.1, 0.15) is 49.9 Å². The Morgan fingerprint density at radius 2 is 1.94 bits per heavy atom. The Labute approximate surface area is 196 Å². The molecule has 0 saturated carbocycles. The van der Waals surface area contributed by atoms with Gasteiger partial charge >= 0.3 is 6.09 Å². The second-order valence-corrected chi connectivity index (χ2v) is 10.3. The van der Waals surface area contributed by atoms with Crippen LogP contribution in [-0.2, 0) is 21.4 Å². The number of piperidine rings is 2. The van der Waals surface area contributed by atoms with Crippen LogP contribution in [0.3, 0.4) is 0 Å². The van der Waals surface area contributed by atoms with Crippen molar-refractivity contribution in [2.24, 2.45) is 0 Å².